The highest BCUT2D eigenvalue weighted by molar-refractivity contribution is 7.09. The van der Waals surface area contributed by atoms with E-state index in [1.807, 2.05) is 0 Å². The van der Waals surface area contributed by atoms with Gasteiger partial charge < -0.3 is 10.5 Å². The molecule has 2 rings (SSSR count). The third-order valence-corrected chi connectivity index (χ3v) is 3.31. The maximum atomic E-state index is 5.63. The lowest BCUT2D eigenvalue weighted by Gasteiger charge is -2.24. The average Bonchev–Trinajstić information content (AvgIpc) is 2.48. The van der Waals surface area contributed by atoms with Gasteiger partial charge in [-0.1, -0.05) is 23.8 Å². The Morgan fingerprint density at radius 1 is 1.50 bits per heavy atom. The molecule has 1 fully saturated rings. The first-order chi connectivity index (χ1) is 6.86. The summed E-state index contributed by atoms with van der Waals surface area (Å²) >= 11 is 1.22. The van der Waals surface area contributed by atoms with Gasteiger partial charge in [0, 0.05) is 18.1 Å². The molecule has 1 aliphatic rings. The van der Waals surface area contributed by atoms with Gasteiger partial charge in [-0.25, -0.2) is 0 Å². The molecule has 0 unspecified atom stereocenters. The molecule has 2 N–H and O–H groups in total. The van der Waals surface area contributed by atoms with Gasteiger partial charge in [-0.3, -0.25) is 0 Å². The summed E-state index contributed by atoms with van der Waals surface area (Å²) < 4.78 is 9.24. The number of hydrogen-bond acceptors (Lipinski definition) is 5. The molecule has 0 radical (unpaired) electrons. The van der Waals surface area contributed by atoms with Crippen LogP contribution in [0.5, 0.6) is 0 Å². The second-order valence-corrected chi connectivity index (χ2v) is 4.51. The number of anilines is 1. The van der Waals surface area contributed by atoms with Gasteiger partial charge in [-0.2, -0.15) is 0 Å². The minimum atomic E-state index is 0.509. The van der Waals surface area contributed by atoms with Crippen LogP contribution in [-0.4, -0.2) is 16.2 Å². The number of hydrogen-bond donors (Lipinski definition) is 1. The van der Waals surface area contributed by atoms with E-state index < -0.39 is 0 Å². The second kappa shape index (κ2) is 4.70. The molecule has 1 aliphatic carbocycles. The van der Waals surface area contributed by atoms with E-state index in [2.05, 4.69) is 9.59 Å². The van der Waals surface area contributed by atoms with Crippen molar-refractivity contribution in [3.05, 3.63) is 5.69 Å². The molecule has 0 atom stereocenters. The van der Waals surface area contributed by atoms with Crippen molar-refractivity contribution in [1.29, 1.82) is 0 Å². The quantitative estimate of drug-likeness (QED) is 0.758. The first-order valence-electron chi connectivity index (χ1n) is 5.00. The molecular formula is C9H15N3OS. The number of rotatable bonds is 5. The van der Waals surface area contributed by atoms with Gasteiger partial charge in [0.25, 0.3) is 0 Å². The van der Waals surface area contributed by atoms with Crippen molar-refractivity contribution in [2.24, 2.45) is 5.92 Å². The van der Waals surface area contributed by atoms with Crippen molar-refractivity contribution >= 4 is 16.5 Å². The topological polar surface area (TPSA) is 61.0 Å². The molecule has 1 saturated carbocycles. The van der Waals surface area contributed by atoms with Crippen LogP contribution >= 0.6 is 11.5 Å². The molecule has 0 amide bonds. The van der Waals surface area contributed by atoms with E-state index in [-0.39, 0.29) is 0 Å². The molecular weight excluding hydrogens is 198 g/mol. The zero-order valence-electron chi connectivity index (χ0n) is 8.11. The van der Waals surface area contributed by atoms with E-state index >= 15 is 0 Å². The van der Waals surface area contributed by atoms with Crippen LogP contribution in [0.2, 0.25) is 0 Å². The summed E-state index contributed by atoms with van der Waals surface area (Å²) in [5, 5.41) is 4.56. The molecule has 5 heteroatoms. The molecule has 0 aromatic carbocycles. The Labute approximate surface area is 87.6 Å². The van der Waals surface area contributed by atoms with Crippen molar-refractivity contribution in [1.82, 2.24) is 9.59 Å². The summed E-state index contributed by atoms with van der Waals surface area (Å²) in [7, 11) is 0. The lowest BCUT2D eigenvalue weighted by Crippen LogP contribution is -2.13. The van der Waals surface area contributed by atoms with E-state index in [0.717, 1.165) is 18.2 Å². The van der Waals surface area contributed by atoms with Gasteiger partial charge in [-0.05, 0) is 12.3 Å². The molecule has 14 heavy (non-hydrogen) atoms. The summed E-state index contributed by atoms with van der Waals surface area (Å²) in [6, 6.07) is 0. The van der Waals surface area contributed by atoms with Gasteiger partial charge in [-0.15, -0.1) is 5.10 Å². The molecule has 0 aliphatic heterocycles. The molecule has 0 spiro atoms. The van der Waals surface area contributed by atoms with E-state index in [4.69, 9.17) is 10.5 Å². The molecule has 4 nitrogen and oxygen atoms in total. The van der Waals surface area contributed by atoms with E-state index in [0.29, 0.717) is 11.6 Å². The normalized spacial score (nSPS) is 16.9. The van der Waals surface area contributed by atoms with Crippen molar-refractivity contribution in [3.8, 4) is 0 Å². The summed E-state index contributed by atoms with van der Waals surface area (Å²) in [4.78, 5) is 0. The van der Waals surface area contributed by atoms with Crippen molar-refractivity contribution in [2.75, 3.05) is 12.3 Å². The SMILES string of the molecule is Nc1snnc1COCCC1CCC1. The average molecular weight is 213 g/mol. The Hall–Kier alpha value is -0.680. The molecule has 1 aromatic heterocycles. The van der Waals surface area contributed by atoms with Gasteiger partial charge in [0.2, 0.25) is 0 Å². The highest BCUT2D eigenvalue weighted by Crippen LogP contribution is 2.29. The van der Waals surface area contributed by atoms with E-state index in [1.165, 1.54) is 37.2 Å². The van der Waals surface area contributed by atoms with Crippen LogP contribution in [0.4, 0.5) is 5.00 Å². The zero-order valence-corrected chi connectivity index (χ0v) is 8.92. The summed E-state index contributed by atoms with van der Waals surface area (Å²) in [5.74, 6) is 0.904. The highest BCUT2D eigenvalue weighted by Gasteiger charge is 2.16. The van der Waals surface area contributed by atoms with Crippen molar-refractivity contribution < 1.29 is 4.74 Å². The second-order valence-electron chi connectivity index (χ2n) is 3.72. The summed E-state index contributed by atoms with van der Waals surface area (Å²) in [6.07, 6.45) is 5.33. The number of nitrogens with two attached hydrogens (primary N) is 1. The van der Waals surface area contributed by atoms with Gasteiger partial charge >= 0.3 is 0 Å². The Bertz CT molecular complexity index is 285. The maximum Gasteiger partial charge on any atom is 0.133 e. The predicted octanol–water partition coefficient (Wildman–Crippen LogP) is 1.83. The maximum absolute atomic E-state index is 5.63. The number of aromatic nitrogens is 2. The lowest BCUT2D eigenvalue weighted by molar-refractivity contribution is 0.0932. The van der Waals surface area contributed by atoms with Crippen molar-refractivity contribution in [3.63, 3.8) is 0 Å². The zero-order chi connectivity index (χ0) is 9.80. The standard InChI is InChI=1S/C9H15N3OS/c10-9-8(11-12-14-9)6-13-5-4-7-2-1-3-7/h7H,1-6,10H2. The van der Waals surface area contributed by atoms with Crippen LogP contribution in [0.25, 0.3) is 0 Å². The smallest absolute Gasteiger partial charge is 0.133 e. The predicted molar refractivity (Wildman–Crippen MR) is 55.9 cm³/mol. The van der Waals surface area contributed by atoms with Crippen LogP contribution in [0.3, 0.4) is 0 Å². The number of nitrogens with zero attached hydrogens (tertiary/aromatic N) is 2. The Morgan fingerprint density at radius 2 is 2.36 bits per heavy atom. The fraction of sp³-hybridized carbons (Fsp3) is 0.778. The Kier molecular flexibility index (Phi) is 3.31. The third kappa shape index (κ3) is 2.42. The fourth-order valence-corrected chi connectivity index (χ4v) is 1.95. The van der Waals surface area contributed by atoms with Gasteiger partial charge in [0.15, 0.2) is 0 Å². The monoisotopic (exact) mass is 213 g/mol. The molecule has 1 aromatic rings. The fourth-order valence-electron chi connectivity index (χ4n) is 1.52. The van der Waals surface area contributed by atoms with E-state index in [9.17, 15) is 0 Å². The van der Waals surface area contributed by atoms with Crippen LogP contribution < -0.4 is 5.73 Å². The van der Waals surface area contributed by atoms with Gasteiger partial charge in [0.05, 0.1) is 6.61 Å². The largest absolute Gasteiger partial charge is 0.388 e. The molecule has 0 bridgehead atoms. The first kappa shape index (κ1) is 9.86. The first-order valence-corrected chi connectivity index (χ1v) is 5.78. The van der Waals surface area contributed by atoms with Crippen LogP contribution in [-0.2, 0) is 11.3 Å². The van der Waals surface area contributed by atoms with Crippen LogP contribution in [0.1, 0.15) is 31.4 Å². The molecule has 1 heterocycles. The van der Waals surface area contributed by atoms with E-state index in [1.54, 1.807) is 0 Å². The minimum Gasteiger partial charge on any atom is -0.388 e. The Morgan fingerprint density at radius 3 is 2.93 bits per heavy atom. The van der Waals surface area contributed by atoms with Crippen LogP contribution in [0.15, 0.2) is 0 Å². The molecule has 78 valence electrons. The third-order valence-electron chi connectivity index (χ3n) is 2.72. The summed E-state index contributed by atoms with van der Waals surface area (Å²) in [6.45, 7) is 1.33. The lowest BCUT2D eigenvalue weighted by atomic mass is 9.83. The van der Waals surface area contributed by atoms with Crippen LogP contribution in [0, 0.1) is 5.92 Å². The summed E-state index contributed by atoms with van der Waals surface area (Å²) in [5.41, 5.74) is 6.41. The Balaban J connectivity index is 1.60. The number of ether oxygens (including phenoxy) is 1. The number of nitrogen functional groups attached to an aromatic ring is 1. The minimum absolute atomic E-state index is 0.509. The molecule has 0 saturated heterocycles. The highest BCUT2D eigenvalue weighted by atomic mass is 32.1. The van der Waals surface area contributed by atoms with Gasteiger partial charge in [0.1, 0.15) is 10.7 Å². The van der Waals surface area contributed by atoms with Crippen molar-refractivity contribution in [2.45, 2.75) is 32.3 Å².